The predicted molar refractivity (Wildman–Crippen MR) is 114 cm³/mol. The fourth-order valence-corrected chi connectivity index (χ4v) is 4.09. The summed E-state index contributed by atoms with van der Waals surface area (Å²) in [4.78, 5) is 24.9. The average molecular weight is 482 g/mol. The van der Waals surface area contributed by atoms with Crippen molar-refractivity contribution < 1.29 is 22.7 Å². The van der Waals surface area contributed by atoms with Crippen LogP contribution in [0, 0.1) is 12.8 Å². The van der Waals surface area contributed by atoms with Gasteiger partial charge in [0.15, 0.2) is 12.4 Å². The second-order valence-electron chi connectivity index (χ2n) is 6.84. The van der Waals surface area contributed by atoms with Gasteiger partial charge in [0.05, 0.1) is 4.90 Å². The first-order chi connectivity index (χ1) is 13.6. The summed E-state index contributed by atoms with van der Waals surface area (Å²) >= 11 is 3.29. The van der Waals surface area contributed by atoms with Crippen molar-refractivity contribution in [3.8, 4) is 0 Å². The van der Waals surface area contributed by atoms with Crippen LogP contribution in [0.15, 0.2) is 57.9 Å². The van der Waals surface area contributed by atoms with Crippen LogP contribution in [-0.2, 0) is 19.6 Å². The molecular weight excluding hydrogens is 458 g/mol. The Morgan fingerprint density at radius 1 is 1.07 bits per heavy atom. The SMILES string of the molecule is CC[C@@H](C)[C@H](NS(=O)(=O)c1ccc(C)cc1)C(=O)OCC(=O)c1ccc(Br)cc1. The summed E-state index contributed by atoms with van der Waals surface area (Å²) in [6.07, 6.45) is 0.552. The van der Waals surface area contributed by atoms with Crippen LogP contribution in [0.4, 0.5) is 0 Å². The molecule has 0 saturated heterocycles. The Kier molecular flexibility index (Phi) is 8.13. The fraction of sp³-hybridized carbons (Fsp3) is 0.333. The molecule has 0 heterocycles. The van der Waals surface area contributed by atoms with Crippen molar-refractivity contribution in [1.29, 1.82) is 0 Å². The van der Waals surface area contributed by atoms with E-state index >= 15 is 0 Å². The van der Waals surface area contributed by atoms with Gasteiger partial charge in [0.1, 0.15) is 6.04 Å². The Balaban J connectivity index is 2.10. The Labute approximate surface area is 179 Å². The highest BCUT2D eigenvalue weighted by Gasteiger charge is 2.31. The van der Waals surface area contributed by atoms with Crippen LogP contribution in [0.5, 0.6) is 0 Å². The highest BCUT2D eigenvalue weighted by atomic mass is 79.9. The first-order valence-corrected chi connectivity index (χ1v) is 11.5. The number of sulfonamides is 1. The van der Waals surface area contributed by atoms with E-state index in [1.807, 2.05) is 13.8 Å². The van der Waals surface area contributed by atoms with Crippen molar-refractivity contribution >= 4 is 37.7 Å². The highest BCUT2D eigenvalue weighted by molar-refractivity contribution is 9.10. The lowest BCUT2D eigenvalue weighted by atomic mass is 10.0. The molecule has 8 heteroatoms. The molecule has 0 aliphatic carbocycles. The van der Waals surface area contributed by atoms with E-state index in [1.54, 1.807) is 43.3 Å². The summed E-state index contributed by atoms with van der Waals surface area (Å²) in [6, 6.07) is 11.9. The second-order valence-corrected chi connectivity index (χ2v) is 9.46. The molecule has 2 aromatic carbocycles. The standard InChI is InChI=1S/C21H24BrNO5S/c1-4-15(3)20(23-29(26,27)18-11-5-14(2)6-12-18)21(25)28-13-19(24)16-7-9-17(22)10-8-16/h5-12,15,20,23H,4,13H2,1-3H3/t15-,20+/m1/s1. The van der Waals surface area contributed by atoms with Crippen LogP contribution >= 0.6 is 15.9 Å². The Morgan fingerprint density at radius 2 is 1.66 bits per heavy atom. The molecule has 0 spiro atoms. The van der Waals surface area contributed by atoms with Crippen molar-refractivity contribution in [2.45, 2.75) is 38.1 Å². The highest BCUT2D eigenvalue weighted by Crippen LogP contribution is 2.16. The van der Waals surface area contributed by atoms with Crippen LogP contribution in [0.2, 0.25) is 0 Å². The molecular formula is C21H24BrNO5S. The van der Waals surface area contributed by atoms with Crippen molar-refractivity contribution in [3.05, 3.63) is 64.1 Å². The van der Waals surface area contributed by atoms with Crippen LogP contribution in [0.25, 0.3) is 0 Å². The minimum atomic E-state index is -3.91. The third-order valence-electron chi connectivity index (χ3n) is 4.59. The minimum absolute atomic E-state index is 0.0649. The maximum absolute atomic E-state index is 12.7. The molecule has 0 fully saturated rings. The van der Waals surface area contributed by atoms with E-state index < -0.39 is 28.6 Å². The Morgan fingerprint density at radius 3 is 2.21 bits per heavy atom. The molecule has 6 nitrogen and oxygen atoms in total. The molecule has 0 bridgehead atoms. The van der Waals surface area contributed by atoms with Gasteiger partial charge in [-0.25, -0.2) is 8.42 Å². The number of rotatable bonds is 9. The quantitative estimate of drug-likeness (QED) is 0.433. The number of carbonyl (C=O) groups excluding carboxylic acids is 2. The zero-order chi connectivity index (χ0) is 21.6. The molecule has 1 N–H and O–H groups in total. The summed E-state index contributed by atoms with van der Waals surface area (Å²) in [5.41, 5.74) is 1.33. The summed E-state index contributed by atoms with van der Waals surface area (Å²) in [6.45, 7) is 4.99. The van der Waals surface area contributed by atoms with Crippen LogP contribution in [0.1, 0.15) is 36.2 Å². The molecule has 0 aliphatic heterocycles. The molecule has 0 unspecified atom stereocenters. The van der Waals surface area contributed by atoms with E-state index in [0.29, 0.717) is 12.0 Å². The number of carbonyl (C=O) groups is 2. The molecule has 0 aromatic heterocycles. The Bertz CT molecular complexity index is 956. The van der Waals surface area contributed by atoms with E-state index in [1.165, 1.54) is 12.1 Å². The van der Waals surface area contributed by atoms with Crippen molar-refractivity contribution in [2.75, 3.05) is 6.61 Å². The summed E-state index contributed by atoms with van der Waals surface area (Å²) in [5.74, 6) is -1.46. The van der Waals surface area contributed by atoms with Gasteiger partial charge in [-0.2, -0.15) is 4.72 Å². The molecule has 156 valence electrons. The van der Waals surface area contributed by atoms with Crippen LogP contribution < -0.4 is 4.72 Å². The zero-order valence-electron chi connectivity index (χ0n) is 16.5. The largest absolute Gasteiger partial charge is 0.456 e. The molecule has 2 rings (SSSR count). The summed E-state index contributed by atoms with van der Waals surface area (Å²) < 4.78 is 33.8. The number of Topliss-reactive ketones (excluding diaryl/α,β-unsaturated/α-hetero) is 1. The third-order valence-corrected chi connectivity index (χ3v) is 6.58. The van der Waals surface area contributed by atoms with Gasteiger partial charge in [-0.1, -0.05) is 66.0 Å². The van der Waals surface area contributed by atoms with E-state index in [4.69, 9.17) is 4.74 Å². The number of nitrogens with one attached hydrogen (secondary N) is 1. The van der Waals surface area contributed by atoms with E-state index in [2.05, 4.69) is 20.7 Å². The maximum Gasteiger partial charge on any atom is 0.324 e. The maximum atomic E-state index is 12.7. The van der Waals surface area contributed by atoms with Gasteiger partial charge < -0.3 is 4.74 Å². The first-order valence-electron chi connectivity index (χ1n) is 9.18. The van der Waals surface area contributed by atoms with Gasteiger partial charge in [0.25, 0.3) is 0 Å². The summed E-state index contributed by atoms with van der Waals surface area (Å²) in [5, 5.41) is 0. The number of benzene rings is 2. The molecule has 0 saturated carbocycles. The Hall–Kier alpha value is -2.03. The van der Waals surface area contributed by atoms with Gasteiger partial charge in [-0.3, -0.25) is 9.59 Å². The topological polar surface area (TPSA) is 89.5 Å². The van der Waals surface area contributed by atoms with E-state index in [0.717, 1.165) is 10.0 Å². The third kappa shape index (κ3) is 6.48. The number of hydrogen-bond donors (Lipinski definition) is 1. The van der Waals surface area contributed by atoms with Gasteiger partial charge in [0.2, 0.25) is 10.0 Å². The normalized spacial score (nSPS) is 13.5. The number of esters is 1. The number of halogens is 1. The molecule has 29 heavy (non-hydrogen) atoms. The lowest BCUT2D eigenvalue weighted by Gasteiger charge is -2.22. The first kappa shape index (κ1) is 23.3. The van der Waals surface area contributed by atoms with Crippen molar-refractivity contribution in [2.24, 2.45) is 5.92 Å². The van der Waals surface area contributed by atoms with Crippen LogP contribution in [-0.4, -0.2) is 32.8 Å². The molecule has 0 aliphatic rings. The van der Waals surface area contributed by atoms with Gasteiger partial charge in [-0.05, 0) is 37.1 Å². The lowest BCUT2D eigenvalue weighted by Crippen LogP contribution is -2.46. The molecule has 2 aromatic rings. The van der Waals surface area contributed by atoms with E-state index in [-0.39, 0.29) is 16.6 Å². The number of hydrogen-bond acceptors (Lipinski definition) is 5. The average Bonchev–Trinajstić information content (AvgIpc) is 2.70. The monoisotopic (exact) mass is 481 g/mol. The second kappa shape index (κ2) is 10.1. The number of aryl methyl sites for hydroxylation is 1. The number of ketones is 1. The van der Waals surface area contributed by atoms with Crippen molar-refractivity contribution in [3.63, 3.8) is 0 Å². The molecule has 0 radical (unpaired) electrons. The van der Waals surface area contributed by atoms with E-state index in [9.17, 15) is 18.0 Å². The number of ether oxygens (including phenoxy) is 1. The minimum Gasteiger partial charge on any atom is -0.456 e. The van der Waals surface area contributed by atoms with Crippen LogP contribution in [0.3, 0.4) is 0 Å². The van der Waals surface area contributed by atoms with Crippen molar-refractivity contribution in [1.82, 2.24) is 4.72 Å². The predicted octanol–water partition coefficient (Wildman–Crippen LogP) is 3.88. The zero-order valence-corrected chi connectivity index (χ0v) is 18.9. The molecule has 0 amide bonds. The van der Waals surface area contributed by atoms with Gasteiger partial charge in [-0.15, -0.1) is 0 Å². The van der Waals surface area contributed by atoms with Gasteiger partial charge in [0, 0.05) is 10.0 Å². The van der Waals surface area contributed by atoms with Gasteiger partial charge >= 0.3 is 5.97 Å². The summed E-state index contributed by atoms with van der Waals surface area (Å²) in [7, 11) is -3.91. The fourth-order valence-electron chi connectivity index (χ4n) is 2.53. The lowest BCUT2D eigenvalue weighted by molar-refractivity contribution is -0.145. The smallest absolute Gasteiger partial charge is 0.324 e. The molecule has 2 atom stereocenters.